The van der Waals surface area contributed by atoms with Crippen molar-refractivity contribution in [2.75, 3.05) is 0 Å². The van der Waals surface area contributed by atoms with Crippen LogP contribution in [0, 0.1) is 6.92 Å². The number of rotatable bonds is 5. The Bertz CT molecular complexity index is 559. The van der Waals surface area contributed by atoms with Gasteiger partial charge in [-0.15, -0.1) is 22.7 Å². The molecule has 2 rings (SSSR count). The van der Waals surface area contributed by atoms with Crippen LogP contribution in [0.15, 0.2) is 23.6 Å². The number of hydrogen-bond acceptors (Lipinski definition) is 3. The van der Waals surface area contributed by atoms with E-state index in [-0.39, 0.29) is 0 Å². The summed E-state index contributed by atoms with van der Waals surface area (Å²) in [5.41, 5.74) is 1.16. The fraction of sp³-hybridized carbons (Fsp3) is 0.357. The van der Waals surface area contributed by atoms with Crippen LogP contribution in [-0.2, 0) is 19.5 Å². The van der Waals surface area contributed by atoms with Gasteiger partial charge in [-0.1, -0.05) is 6.92 Å². The predicted molar refractivity (Wildman–Crippen MR) is 80.0 cm³/mol. The molecule has 2 aromatic rings. The Morgan fingerprint density at radius 1 is 1.26 bits per heavy atom. The zero-order valence-corrected chi connectivity index (χ0v) is 12.7. The zero-order chi connectivity index (χ0) is 13.8. The van der Waals surface area contributed by atoms with Gasteiger partial charge >= 0.3 is 6.09 Å². The highest BCUT2D eigenvalue weighted by molar-refractivity contribution is 7.12. The van der Waals surface area contributed by atoms with E-state index < -0.39 is 6.09 Å². The van der Waals surface area contributed by atoms with Crippen LogP contribution in [0.2, 0.25) is 0 Å². The van der Waals surface area contributed by atoms with E-state index in [1.165, 1.54) is 9.78 Å². The van der Waals surface area contributed by atoms with Gasteiger partial charge in [0.1, 0.15) is 0 Å². The molecule has 0 atom stereocenters. The van der Waals surface area contributed by atoms with Gasteiger partial charge in [0.15, 0.2) is 0 Å². The normalized spacial score (nSPS) is 10.6. The molecule has 102 valence electrons. The minimum atomic E-state index is -0.862. The van der Waals surface area contributed by atoms with Crippen molar-refractivity contribution >= 4 is 28.8 Å². The molecule has 0 radical (unpaired) electrons. The van der Waals surface area contributed by atoms with Gasteiger partial charge in [-0.25, -0.2) is 4.79 Å². The number of carbonyl (C=O) groups is 1. The fourth-order valence-corrected chi connectivity index (χ4v) is 3.71. The molecule has 0 saturated carbocycles. The summed E-state index contributed by atoms with van der Waals surface area (Å²) >= 11 is 3.31. The van der Waals surface area contributed by atoms with Crippen molar-refractivity contribution < 1.29 is 9.90 Å². The Kier molecular flexibility index (Phi) is 4.61. The molecule has 0 spiro atoms. The first-order chi connectivity index (χ1) is 9.10. The quantitative estimate of drug-likeness (QED) is 0.890. The van der Waals surface area contributed by atoms with Crippen LogP contribution >= 0.6 is 22.7 Å². The second-order valence-electron chi connectivity index (χ2n) is 4.39. The van der Waals surface area contributed by atoms with E-state index in [1.54, 1.807) is 22.7 Å². The number of hydrogen-bond donors (Lipinski definition) is 1. The molecule has 1 amide bonds. The minimum absolute atomic E-state index is 0.470. The monoisotopic (exact) mass is 295 g/mol. The lowest BCUT2D eigenvalue weighted by atomic mass is 10.3. The van der Waals surface area contributed by atoms with Crippen LogP contribution < -0.4 is 0 Å². The third-order valence-corrected chi connectivity index (χ3v) is 5.21. The van der Waals surface area contributed by atoms with E-state index in [0.717, 1.165) is 21.7 Å². The summed E-state index contributed by atoms with van der Waals surface area (Å²) in [4.78, 5) is 16.4. The molecule has 3 nitrogen and oxygen atoms in total. The Morgan fingerprint density at radius 3 is 2.53 bits per heavy atom. The molecule has 0 bridgehead atoms. The van der Waals surface area contributed by atoms with E-state index >= 15 is 0 Å². The second-order valence-corrected chi connectivity index (χ2v) is 6.64. The number of carboxylic acid groups (broad SMARTS) is 1. The van der Waals surface area contributed by atoms with Gasteiger partial charge in [0.05, 0.1) is 13.1 Å². The van der Waals surface area contributed by atoms with Crippen molar-refractivity contribution in [3.63, 3.8) is 0 Å². The van der Waals surface area contributed by atoms with Crippen LogP contribution in [0.4, 0.5) is 4.79 Å². The largest absolute Gasteiger partial charge is 0.465 e. The first-order valence-corrected chi connectivity index (χ1v) is 7.88. The summed E-state index contributed by atoms with van der Waals surface area (Å²) in [6.07, 6.45) is 0.140. The lowest BCUT2D eigenvalue weighted by Crippen LogP contribution is -2.27. The summed E-state index contributed by atoms with van der Waals surface area (Å²) in [5, 5.41) is 11.3. The van der Waals surface area contributed by atoms with Crippen LogP contribution in [0.25, 0.3) is 0 Å². The van der Waals surface area contributed by atoms with Crippen molar-refractivity contribution in [2.24, 2.45) is 0 Å². The fourth-order valence-electron chi connectivity index (χ4n) is 1.82. The highest BCUT2D eigenvalue weighted by atomic mass is 32.1. The lowest BCUT2D eigenvalue weighted by Gasteiger charge is -2.18. The average molecular weight is 295 g/mol. The van der Waals surface area contributed by atoms with Gasteiger partial charge < -0.3 is 5.11 Å². The van der Waals surface area contributed by atoms with Crippen molar-refractivity contribution in [1.29, 1.82) is 0 Å². The summed E-state index contributed by atoms with van der Waals surface area (Å²) < 4.78 is 0. The van der Waals surface area contributed by atoms with Crippen molar-refractivity contribution in [2.45, 2.75) is 33.4 Å². The van der Waals surface area contributed by atoms with Crippen LogP contribution in [-0.4, -0.2) is 16.1 Å². The number of amides is 1. The van der Waals surface area contributed by atoms with E-state index in [2.05, 4.69) is 13.0 Å². The lowest BCUT2D eigenvalue weighted by molar-refractivity contribution is 0.140. The highest BCUT2D eigenvalue weighted by Crippen LogP contribution is 2.22. The molecule has 0 unspecified atom stereocenters. The van der Waals surface area contributed by atoms with Gasteiger partial charge in [-0.05, 0) is 42.5 Å². The molecule has 1 N–H and O–H groups in total. The van der Waals surface area contributed by atoms with Crippen molar-refractivity contribution in [3.05, 3.63) is 43.8 Å². The average Bonchev–Trinajstić information content (AvgIpc) is 2.98. The van der Waals surface area contributed by atoms with Gasteiger partial charge in [0, 0.05) is 14.6 Å². The zero-order valence-electron chi connectivity index (χ0n) is 11.0. The Balaban J connectivity index is 2.08. The standard InChI is InChI=1S/C14H17NO2S2/c1-3-11-4-5-12(19-11)8-15(14(16)17)9-13-10(2)6-7-18-13/h4-7H,3,8-9H2,1-2H3,(H,16,17). The molecule has 2 aromatic heterocycles. The molecule has 0 saturated heterocycles. The maximum absolute atomic E-state index is 11.4. The molecule has 5 heteroatoms. The molecule has 0 fully saturated rings. The van der Waals surface area contributed by atoms with Gasteiger partial charge in [-0.3, -0.25) is 4.90 Å². The molecule has 2 heterocycles. The third kappa shape index (κ3) is 3.58. The SMILES string of the molecule is CCc1ccc(CN(Cc2sccc2C)C(=O)O)s1. The Labute approximate surface area is 121 Å². The first-order valence-electron chi connectivity index (χ1n) is 6.18. The van der Waals surface area contributed by atoms with Gasteiger partial charge in [0.25, 0.3) is 0 Å². The summed E-state index contributed by atoms with van der Waals surface area (Å²) in [6.45, 7) is 5.07. The Morgan fingerprint density at radius 2 is 2.00 bits per heavy atom. The molecule has 19 heavy (non-hydrogen) atoms. The maximum atomic E-state index is 11.4. The van der Waals surface area contributed by atoms with E-state index in [4.69, 9.17) is 0 Å². The summed E-state index contributed by atoms with van der Waals surface area (Å²) in [6, 6.07) is 6.14. The van der Waals surface area contributed by atoms with Gasteiger partial charge in [0.2, 0.25) is 0 Å². The summed E-state index contributed by atoms with van der Waals surface area (Å²) in [7, 11) is 0. The molecular formula is C14H17NO2S2. The third-order valence-electron chi connectivity index (χ3n) is 2.99. The van der Waals surface area contributed by atoms with E-state index in [1.807, 2.05) is 24.4 Å². The highest BCUT2D eigenvalue weighted by Gasteiger charge is 2.15. The Hall–Kier alpha value is -1.33. The number of aryl methyl sites for hydroxylation is 2. The minimum Gasteiger partial charge on any atom is -0.465 e. The second kappa shape index (κ2) is 6.21. The van der Waals surface area contributed by atoms with Crippen LogP contribution in [0.3, 0.4) is 0 Å². The molecule has 0 aliphatic rings. The van der Waals surface area contributed by atoms with Gasteiger partial charge in [-0.2, -0.15) is 0 Å². The predicted octanol–water partition coefficient (Wildman–Crippen LogP) is 4.36. The van der Waals surface area contributed by atoms with Crippen LogP contribution in [0.1, 0.15) is 27.1 Å². The van der Waals surface area contributed by atoms with Crippen LogP contribution in [0.5, 0.6) is 0 Å². The van der Waals surface area contributed by atoms with Crippen molar-refractivity contribution in [1.82, 2.24) is 4.90 Å². The first kappa shape index (κ1) is 14.1. The van der Waals surface area contributed by atoms with Crippen molar-refractivity contribution in [3.8, 4) is 0 Å². The molecule has 0 aliphatic heterocycles. The molecular weight excluding hydrogens is 278 g/mol. The molecule has 0 aliphatic carbocycles. The smallest absolute Gasteiger partial charge is 0.407 e. The van der Waals surface area contributed by atoms with E-state index in [9.17, 15) is 9.90 Å². The summed E-state index contributed by atoms with van der Waals surface area (Å²) in [5.74, 6) is 0. The number of nitrogens with zero attached hydrogens (tertiary/aromatic N) is 1. The number of thiophene rings is 2. The van der Waals surface area contributed by atoms with E-state index in [0.29, 0.717) is 13.1 Å². The maximum Gasteiger partial charge on any atom is 0.407 e. The molecule has 0 aromatic carbocycles. The topological polar surface area (TPSA) is 40.5 Å².